The van der Waals surface area contributed by atoms with Gasteiger partial charge in [-0.2, -0.15) is 0 Å². The third kappa shape index (κ3) is 2.35. The SMILES string of the molecule is CCON=C1CCNCC1. The van der Waals surface area contributed by atoms with E-state index in [0.29, 0.717) is 6.61 Å². The summed E-state index contributed by atoms with van der Waals surface area (Å²) in [4.78, 5) is 4.93. The van der Waals surface area contributed by atoms with Gasteiger partial charge in [0.25, 0.3) is 0 Å². The molecule has 3 heteroatoms. The number of oxime groups is 1. The molecule has 0 spiro atoms. The second kappa shape index (κ2) is 4.28. The van der Waals surface area contributed by atoms with Gasteiger partial charge in [0.05, 0.1) is 5.71 Å². The fraction of sp³-hybridized carbons (Fsp3) is 0.857. The number of nitrogens with one attached hydrogen (secondary N) is 1. The second-order valence-corrected chi connectivity index (χ2v) is 2.33. The van der Waals surface area contributed by atoms with Crippen LogP contribution in [0.5, 0.6) is 0 Å². The molecule has 10 heavy (non-hydrogen) atoms. The van der Waals surface area contributed by atoms with Gasteiger partial charge in [-0.15, -0.1) is 0 Å². The zero-order valence-corrected chi connectivity index (χ0v) is 6.39. The Morgan fingerprint density at radius 1 is 1.50 bits per heavy atom. The van der Waals surface area contributed by atoms with Crippen LogP contribution in [0.15, 0.2) is 5.16 Å². The van der Waals surface area contributed by atoms with Gasteiger partial charge < -0.3 is 10.2 Å². The lowest BCUT2D eigenvalue weighted by atomic mass is 10.1. The summed E-state index contributed by atoms with van der Waals surface area (Å²) in [5, 5.41) is 7.23. The topological polar surface area (TPSA) is 33.6 Å². The van der Waals surface area contributed by atoms with Gasteiger partial charge in [-0.1, -0.05) is 5.16 Å². The molecule has 1 rings (SSSR count). The van der Waals surface area contributed by atoms with E-state index in [1.165, 1.54) is 5.71 Å². The molecule has 0 saturated carbocycles. The van der Waals surface area contributed by atoms with Crippen molar-refractivity contribution < 1.29 is 4.84 Å². The van der Waals surface area contributed by atoms with E-state index >= 15 is 0 Å². The Morgan fingerprint density at radius 3 is 2.80 bits per heavy atom. The summed E-state index contributed by atoms with van der Waals surface area (Å²) >= 11 is 0. The molecule has 0 unspecified atom stereocenters. The minimum absolute atomic E-state index is 0.678. The highest BCUT2D eigenvalue weighted by molar-refractivity contribution is 5.84. The van der Waals surface area contributed by atoms with Crippen LogP contribution in [0, 0.1) is 0 Å². The second-order valence-electron chi connectivity index (χ2n) is 2.33. The summed E-state index contributed by atoms with van der Waals surface area (Å²) in [5.41, 5.74) is 1.20. The van der Waals surface area contributed by atoms with Crippen molar-refractivity contribution in [3.63, 3.8) is 0 Å². The predicted octanol–water partition coefficient (Wildman–Crippen LogP) is 0.762. The third-order valence-electron chi connectivity index (χ3n) is 1.50. The first-order chi connectivity index (χ1) is 4.93. The molecule has 0 aliphatic carbocycles. The first-order valence-corrected chi connectivity index (χ1v) is 3.82. The van der Waals surface area contributed by atoms with Crippen molar-refractivity contribution in [3.05, 3.63) is 0 Å². The van der Waals surface area contributed by atoms with Crippen LogP contribution in [0.25, 0.3) is 0 Å². The van der Waals surface area contributed by atoms with E-state index in [0.717, 1.165) is 25.9 Å². The summed E-state index contributed by atoms with van der Waals surface area (Å²) in [6.07, 6.45) is 2.08. The molecule has 1 heterocycles. The zero-order valence-electron chi connectivity index (χ0n) is 6.39. The summed E-state index contributed by atoms with van der Waals surface area (Å²) in [7, 11) is 0. The Labute approximate surface area is 61.4 Å². The molecule has 0 radical (unpaired) electrons. The molecule has 1 fully saturated rings. The highest BCUT2D eigenvalue weighted by Gasteiger charge is 2.05. The van der Waals surface area contributed by atoms with Gasteiger partial charge in [0.15, 0.2) is 0 Å². The summed E-state index contributed by atoms with van der Waals surface area (Å²) < 4.78 is 0. The van der Waals surface area contributed by atoms with Crippen LogP contribution in [-0.2, 0) is 4.84 Å². The van der Waals surface area contributed by atoms with Crippen molar-refractivity contribution >= 4 is 5.71 Å². The molecule has 1 N–H and O–H groups in total. The number of rotatable bonds is 2. The first kappa shape index (κ1) is 7.54. The molecule has 0 aromatic heterocycles. The van der Waals surface area contributed by atoms with E-state index in [4.69, 9.17) is 4.84 Å². The smallest absolute Gasteiger partial charge is 0.114 e. The Hall–Kier alpha value is -0.570. The van der Waals surface area contributed by atoms with Crippen LogP contribution in [0.3, 0.4) is 0 Å². The average Bonchev–Trinajstić information content (AvgIpc) is 2.03. The van der Waals surface area contributed by atoms with Crippen LogP contribution >= 0.6 is 0 Å². The maximum Gasteiger partial charge on any atom is 0.114 e. The third-order valence-corrected chi connectivity index (χ3v) is 1.50. The molecular weight excluding hydrogens is 128 g/mol. The molecule has 1 saturated heterocycles. The first-order valence-electron chi connectivity index (χ1n) is 3.82. The lowest BCUT2D eigenvalue weighted by Gasteiger charge is -2.12. The summed E-state index contributed by atoms with van der Waals surface area (Å²) in [6, 6.07) is 0. The molecule has 1 aliphatic rings. The monoisotopic (exact) mass is 142 g/mol. The Balaban J connectivity index is 2.23. The lowest BCUT2D eigenvalue weighted by molar-refractivity contribution is 0.157. The largest absolute Gasteiger partial charge is 0.396 e. The van der Waals surface area contributed by atoms with Crippen molar-refractivity contribution in [1.29, 1.82) is 0 Å². The van der Waals surface area contributed by atoms with E-state index in [1.54, 1.807) is 0 Å². The quantitative estimate of drug-likeness (QED) is 0.577. The van der Waals surface area contributed by atoms with E-state index in [1.807, 2.05) is 6.92 Å². The molecule has 0 aromatic carbocycles. The predicted molar refractivity (Wildman–Crippen MR) is 41.2 cm³/mol. The highest BCUT2D eigenvalue weighted by Crippen LogP contribution is 1.97. The van der Waals surface area contributed by atoms with Gasteiger partial charge >= 0.3 is 0 Å². The summed E-state index contributed by atoms with van der Waals surface area (Å²) in [6.45, 7) is 4.72. The van der Waals surface area contributed by atoms with Crippen LogP contribution < -0.4 is 5.32 Å². The molecule has 0 atom stereocenters. The highest BCUT2D eigenvalue weighted by atomic mass is 16.6. The lowest BCUT2D eigenvalue weighted by Crippen LogP contribution is -2.27. The van der Waals surface area contributed by atoms with Crippen LogP contribution in [0.1, 0.15) is 19.8 Å². The molecule has 0 bridgehead atoms. The summed E-state index contributed by atoms with van der Waals surface area (Å²) in [5.74, 6) is 0. The fourth-order valence-corrected chi connectivity index (χ4v) is 0.962. The molecule has 0 aromatic rings. The Kier molecular flexibility index (Phi) is 3.22. The van der Waals surface area contributed by atoms with Crippen molar-refractivity contribution in [3.8, 4) is 0 Å². The van der Waals surface area contributed by atoms with Crippen LogP contribution in [0.2, 0.25) is 0 Å². The Morgan fingerprint density at radius 2 is 2.20 bits per heavy atom. The van der Waals surface area contributed by atoms with E-state index in [-0.39, 0.29) is 0 Å². The van der Waals surface area contributed by atoms with Gasteiger partial charge in [0, 0.05) is 25.9 Å². The fourth-order valence-electron chi connectivity index (χ4n) is 0.962. The van der Waals surface area contributed by atoms with Crippen molar-refractivity contribution in [2.45, 2.75) is 19.8 Å². The normalized spacial score (nSPS) is 18.7. The standard InChI is InChI=1S/C7H14N2O/c1-2-10-9-7-3-5-8-6-4-7/h8H,2-6H2,1H3. The van der Waals surface area contributed by atoms with Gasteiger partial charge in [-0.25, -0.2) is 0 Å². The number of hydrogen-bond donors (Lipinski definition) is 1. The maximum absolute atomic E-state index is 4.93. The molecule has 3 nitrogen and oxygen atoms in total. The molecule has 1 aliphatic heterocycles. The number of hydrogen-bond acceptors (Lipinski definition) is 3. The van der Waals surface area contributed by atoms with E-state index < -0.39 is 0 Å². The van der Waals surface area contributed by atoms with Crippen molar-refractivity contribution in [2.75, 3.05) is 19.7 Å². The number of nitrogens with zero attached hydrogens (tertiary/aromatic N) is 1. The Bertz CT molecular complexity index is 115. The van der Waals surface area contributed by atoms with Gasteiger partial charge in [-0.3, -0.25) is 0 Å². The molecular formula is C7H14N2O. The van der Waals surface area contributed by atoms with E-state index in [2.05, 4.69) is 10.5 Å². The van der Waals surface area contributed by atoms with Crippen LogP contribution in [0.4, 0.5) is 0 Å². The molecule has 0 amide bonds. The van der Waals surface area contributed by atoms with Crippen LogP contribution in [-0.4, -0.2) is 25.4 Å². The minimum Gasteiger partial charge on any atom is -0.396 e. The van der Waals surface area contributed by atoms with E-state index in [9.17, 15) is 0 Å². The van der Waals surface area contributed by atoms with Crippen molar-refractivity contribution in [1.82, 2.24) is 5.32 Å². The zero-order chi connectivity index (χ0) is 7.23. The maximum atomic E-state index is 4.93. The van der Waals surface area contributed by atoms with Gasteiger partial charge in [0.2, 0.25) is 0 Å². The molecule has 58 valence electrons. The minimum atomic E-state index is 0.678. The number of piperidine rings is 1. The van der Waals surface area contributed by atoms with Crippen molar-refractivity contribution in [2.24, 2.45) is 5.16 Å². The average molecular weight is 142 g/mol. The van der Waals surface area contributed by atoms with Gasteiger partial charge in [0.1, 0.15) is 6.61 Å². The van der Waals surface area contributed by atoms with Gasteiger partial charge in [-0.05, 0) is 6.92 Å².